The van der Waals surface area contributed by atoms with Crippen molar-refractivity contribution in [3.63, 3.8) is 0 Å². The summed E-state index contributed by atoms with van der Waals surface area (Å²) in [5.41, 5.74) is 1.28. The number of carbonyl (C=O) groups excluding carboxylic acids is 1. The molecule has 0 bridgehead atoms. The van der Waals surface area contributed by atoms with Crippen LogP contribution in [0.15, 0.2) is 24.3 Å². The molecule has 0 unspecified atom stereocenters. The van der Waals surface area contributed by atoms with Crippen LogP contribution in [-0.2, 0) is 4.79 Å². The third-order valence-corrected chi connectivity index (χ3v) is 2.48. The Labute approximate surface area is 97.6 Å². The molecule has 0 aliphatic heterocycles. The molecule has 1 aromatic rings. The fourth-order valence-corrected chi connectivity index (χ4v) is 1.46. The molecular formula is C14H20O2. The first-order chi connectivity index (χ1) is 7.63. The maximum absolute atomic E-state index is 11.3. The number of Topliss-reactive ketones (excluding diaryl/α,β-unsaturated/α-hetero) is 1. The van der Waals surface area contributed by atoms with Crippen molar-refractivity contribution in [2.75, 3.05) is 6.61 Å². The molecule has 0 radical (unpaired) electrons. The lowest BCUT2D eigenvalue weighted by Crippen LogP contribution is -2.10. The Morgan fingerprint density at radius 3 is 2.38 bits per heavy atom. The number of ketones is 1. The van der Waals surface area contributed by atoms with Gasteiger partial charge in [0, 0.05) is 6.42 Å². The average Bonchev–Trinajstić information content (AvgIpc) is 2.27. The van der Waals surface area contributed by atoms with E-state index in [1.54, 1.807) is 0 Å². The highest BCUT2D eigenvalue weighted by Crippen LogP contribution is 2.18. The van der Waals surface area contributed by atoms with E-state index in [-0.39, 0.29) is 12.4 Å². The molecule has 88 valence electrons. The topological polar surface area (TPSA) is 26.3 Å². The molecule has 0 aliphatic carbocycles. The number of carbonyl (C=O) groups is 1. The second kappa shape index (κ2) is 6.31. The first-order valence-electron chi connectivity index (χ1n) is 5.88. The molecule has 2 nitrogen and oxygen atoms in total. The van der Waals surface area contributed by atoms with Crippen molar-refractivity contribution in [2.45, 2.75) is 39.5 Å². The van der Waals surface area contributed by atoms with Gasteiger partial charge in [-0.15, -0.1) is 0 Å². The summed E-state index contributed by atoms with van der Waals surface area (Å²) in [7, 11) is 0. The predicted molar refractivity (Wildman–Crippen MR) is 65.9 cm³/mol. The Bertz CT molecular complexity index is 325. The van der Waals surface area contributed by atoms with Crippen LogP contribution in [0.1, 0.15) is 45.1 Å². The van der Waals surface area contributed by atoms with Gasteiger partial charge in [0.2, 0.25) is 0 Å². The monoisotopic (exact) mass is 220 g/mol. The van der Waals surface area contributed by atoms with Gasteiger partial charge < -0.3 is 4.74 Å². The van der Waals surface area contributed by atoms with Crippen LogP contribution in [0.4, 0.5) is 0 Å². The predicted octanol–water partition coefficient (Wildman–Crippen LogP) is 3.56. The standard InChI is InChI=1S/C14H20O2/c1-4-5-13(15)10-16-14-8-6-12(7-9-14)11(2)3/h6-9,11H,4-5,10H2,1-3H3. The number of hydrogen-bond acceptors (Lipinski definition) is 2. The summed E-state index contributed by atoms with van der Waals surface area (Å²) in [5.74, 6) is 1.46. The van der Waals surface area contributed by atoms with Gasteiger partial charge >= 0.3 is 0 Å². The molecule has 16 heavy (non-hydrogen) atoms. The molecule has 0 spiro atoms. The van der Waals surface area contributed by atoms with Gasteiger partial charge in [-0.3, -0.25) is 4.79 Å². The van der Waals surface area contributed by atoms with Crippen LogP contribution in [0.5, 0.6) is 5.75 Å². The van der Waals surface area contributed by atoms with Crippen molar-refractivity contribution in [2.24, 2.45) is 0 Å². The smallest absolute Gasteiger partial charge is 0.170 e. The van der Waals surface area contributed by atoms with Gasteiger partial charge in [0.05, 0.1) is 0 Å². The second-order valence-corrected chi connectivity index (χ2v) is 4.30. The van der Waals surface area contributed by atoms with E-state index in [1.165, 1.54) is 5.56 Å². The zero-order valence-electron chi connectivity index (χ0n) is 10.3. The molecule has 0 fully saturated rings. The Balaban J connectivity index is 2.46. The highest BCUT2D eigenvalue weighted by atomic mass is 16.5. The molecular weight excluding hydrogens is 200 g/mol. The van der Waals surface area contributed by atoms with Crippen molar-refractivity contribution in [3.8, 4) is 5.75 Å². The second-order valence-electron chi connectivity index (χ2n) is 4.30. The summed E-state index contributed by atoms with van der Waals surface area (Å²) in [4.78, 5) is 11.3. The van der Waals surface area contributed by atoms with E-state index in [2.05, 4.69) is 13.8 Å². The zero-order valence-corrected chi connectivity index (χ0v) is 10.3. The van der Waals surface area contributed by atoms with Gasteiger partial charge in [0.1, 0.15) is 12.4 Å². The van der Waals surface area contributed by atoms with Gasteiger partial charge in [0.15, 0.2) is 5.78 Å². The summed E-state index contributed by atoms with van der Waals surface area (Å²) in [5, 5.41) is 0. The SMILES string of the molecule is CCCC(=O)COc1ccc(C(C)C)cc1. The first-order valence-corrected chi connectivity index (χ1v) is 5.88. The van der Waals surface area contributed by atoms with Gasteiger partial charge in [-0.05, 0) is 30.0 Å². The minimum Gasteiger partial charge on any atom is -0.486 e. The Hall–Kier alpha value is -1.31. The number of hydrogen-bond donors (Lipinski definition) is 0. The third kappa shape index (κ3) is 4.05. The van der Waals surface area contributed by atoms with Gasteiger partial charge in [-0.25, -0.2) is 0 Å². The normalized spacial score (nSPS) is 10.5. The number of rotatable bonds is 6. The summed E-state index contributed by atoms with van der Waals surface area (Å²) in [6.45, 7) is 6.49. The maximum atomic E-state index is 11.3. The number of benzene rings is 1. The lowest BCUT2D eigenvalue weighted by molar-refractivity contribution is -0.121. The van der Waals surface area contributed by atoms with Gasteiger partial charge in [0.25, 0.3) is 0 Å². The van der Waals surface area contributed by atoms with Crippen LogP contribution >= 0.6 is 0 Å². The molecule has 0 heterocycles. The van der Waals surface area contributed by atoms with E-state index in [0.717, 1.165) is 12.2 Å². The van der Waals surface area contributed by atoms with Gasteiger partial charge in [-0.2, -0.15) is 0 Å². The minimum atomic E-state index is 0.162. The molecule has 0 atom stereocenters. The average molecular weight is 220 g/mol. The summed E-state index contributed by atoms with van der Waals surface area (Å²) < 4.78 is 5.41. The highest BCUT2D eigenvalue weighted by Gasteiger charge is 2.02. The van der Waals surface area contributed by atoms with Crippen molar-refractivity contribution in [1.82, 2.24) is 0 Å². The largest absolute Gasteiger partial charge is 0.486 e. The molecule has 0 N–H and O–H groups in total. The van der Waals surface area contributed by atoms with Crippen LogP contribution in [0, 0.1) is 0 Å². The van der Waals surface area contributed by atoms with Crippen molar-refractivity contribution >= 4 is 5.78 Å². The first kappa shape index (κ1) is 12.8. The third-order valence-electron chi connectivity index (χ3n) is 2.48. The lowest BCUT2D eigenvalue weighted by Gasteiger charge is -2.08. The summed E-state index contributed by atoms with van der Waals surface area (Å²) in [6, 6.07) is 7.94. The van der Waals surface area contributed by atoms with Gasteiger partial charge in [-0.1, -0.05) is 32.9 Å². The number of ether oxygens (including phenoxy) is 1. The minimum absolute atomic E-state index is 0.162. The maximum Gasteiger partial charge on any atom is 0.170 e. The molecule has 0 aromatic heterocycles. The van der Waals surface area contributed by atoms with Crippen molar-refractivity contribution in [3.05, 3.63) is 29.8 Å². The molecule has 0 amide bonds. The van der Waals surface area contributed by atoms with Crippen molar-refractivity contribution in [1.29, 1.82) is 0 Å². The lowest BCUT2D eigenvalue weighted by atomic mass is 10.0. The van der Waals surface area contributed by atoms with E-state index < -0.39 is 0 Å². The van der Waals surface area contributed by atoms with E-state index in [0.29, 0.717) is 12.3 Å². The van der Waals surface area contributed by atoms with Crippen molar-refractivity contribution < 1.29 is 9.53 Å². The summed E-state index contributed by atoms with van der Waals surface area (Å²) >= 11 is 0. The molecule has 1 rings (SSSR count). The van der Waals surface area contributed by atoms with E-state index >= 15 is 0 Å². The van der Waals surface area contributed by atoms with E-state index in [4.69, 9.17) is 4.74 Å². The fraction of sp³-hybridized carbons (Fsp3) is 0.500. The van der Waals surface area contributed by atoms with Crippen LogP contribution < -0.4 is 4.74 Å². The van der Waals surface area contributed by atoms with Crippen LogP contribution in [0.25, 0.3) is 0 Å². The quantitative estimate of drug-likeness (QED) is 0.732. The Morgan fingerprint density at radius 1 is 1.25 bits per heavy atom. The summed E-state index contributed by atoms with van der Waals surface area (Å²) in [6.07, 6.45) is 1.48. The zero-order chi connectivity index (χ0) is 12.0. The van der Waals surface area contributed by atoms with Crippen LogP contribution in [0.3, 0.4) is 0 Å². The fourth-order valence-electron chi connectivity index (χ4n) is 1.46. The van der Waals surface area contributed by atoms with E-state index in [9.17, 15) is 4.79 Å². The molecule has 0 saturated heterocycles. The molecule has 2 heteroatoms. The van der Waals surface area contributed by atoms with Crippen LogP contribution in [-0.4, -0.2) is 12.4 Å². The van der Waals surface area contributed by atoms with E-state index in [1.807, 2.05) is 31.2 Å². The molecule has 0 aliphatic rings. The Kier molecular flexibility index (Phi) is 5.03. The van der Waals surface area contributed by atoms with Crippen LogP contribution in [0.2, 0.25) is 0 Å². The highest BCUT2D eigenvalue weighted by molar-refractivity contribution is 5.79. The molecule has 1 aromatic carbocycles. The Morgan fingerprint density at radius 2 is 1.88 bits per heavy atom. The molecule has 0 saturated carbocycles.